The maximum Gasteiger partial charge on any atom is 0.241 e. The first-order valence-corrected chi connectivity index (χ1v) is 8.00. The van der Waals surface area contributed by atoms with Crippen LogP contribution in [0.1, 0.15) is 24.8 Å². The van der Waals surface area contributed by atoms with E-state index in [0.717, 1.165) is 25.9 Å². The maximum atomic E-state index is 14.2. The predicted octanol–water partition coefficient (Wildman–Crippen LogP) is 2.65. The topological polar surface area (TPSA) is 58.4 Å². The van der Waals surface area contributed by atoms with Gasteiger partial charge in [0.2, 0.25) is 5.91 Å². The van der Waals surface area contributed by atoms with Gasteiger partial charge >= 0.3 is 0 Å². The van der Waals surface area contributed by atoms with Gasteiger partial charge in [-0.15, -0.1) is 0 Å². The first-order valence-electron chi connectivity index (χ1n) is 6.80. The van der Waals surface area contributed by atoms with Gasteiger partial charge in [-0.05, 0) is 47.3 Å². The summed E-state index contributed by atoms with van der Waals surface area (Å²) in [4.78, 5) is 14.0. The number of nitrogens with one attached hydrogen (secondary N) is 1. The molecule has 0 unspecified atom stereocenters. The second kappa shape index (κ2) is 7.17. The molecule has 0 aromatic heterocycles. The molecule has 21 heavy (non-hydrogen) atoms. The molecule has 0 spiro atoms. The highest BCUT2D eigenvalue weighted by molar-refractivity contribution is 9.10. The minimum absolute atomic E-state index is 0.0105. The van der Waals surface area contributed by atoms with Gasteiger partial charge in [-0.2, -0.15) is 0 Å². The number of thiocarbonyl (C=S) groups is 1. The van der Waals surface area contributed by atoms with E-state index in [9.17, 15) is 9.18 Å². The Morgan fingerprint density at radius 3 is 2.67 bits per heavy atom. The van der Waals surface area contributed by atoms with Gasteiger partial charge in [-0.3, -0.25) is 4.79 Å². The lowest BCUT2D eigenvalue weighted by Gasteiger charge is -2.27. The number of nitrogens with two attached hydrogens (primary N) is 1. The van der Waals surface area contributed by atoms with Crippen LogP contribution >= 0.6 is 28.1 Å². The summed E-state index contributed by atoms with van der Waals surface area (Å²) in [5.41, 5.74) is 6.20. The highest BCUT2D eigenvalue weighted by Crippen LogP contribution is 2.27. The number of halogens is 2. The second-order valence-electron chi connectivity index (χ2n) is 4.95. The fraction of sp³-hybridized carbons (Fsp3) is 0.429. The molecule has 0 aliphatic carbocycles. The molecule has 0 atom stereocenters. The third-order valence-electron chi connectivity index (χ3n) is 3.49. The molecule has 1 fully saturated rings. The van der Waals surface area contributed by atoms with Gasteiger partial charge in [0.25, 0.3) is 0 Å². The van der Waals surface area contributed by atoms with Crippen LogP contribution in [0.4, 0.5) is 10.1 Å². The summed E-state index contributed by atoms with van der Waals surface area (Å²) in [6.07, 6.45) is 3.24. The molecule has 0 bridgehead atoms. The minimum Gasteiger partial charge on any atom is -0.389 e. The van der Waals surface area contributed by atoms with Gasteiger partial charge in [0, 0.05) is 18.7 Å². The molecule has 2 rings (SSSR count). The van der Waals surface area contributed by atoms with E-state index in [2.05, 4.69) is 21.2 Å². The van der Waals surface area contributed by atoms with Crippen LogP contribution in [0.3, 0.4) is 0 Å². The van der Waals surface area contributed by atoms with Crippen LogP contribution in [0.5, 0.6) is 0 Å². The number of benzene rings is 1. The molecule has 7 heteroatoms. The average molecular weight is 374 g/mol. The Morgan fingerprint density at radius 1 is 1.38 bits per heavy atom. The van der Waals surface area contributed by atoms with Crippen molar-refractivity contribution >= 4 is 44.7 Å². The van der Waals surface area contributed by atoms with Crippen molar-refractivity contribution in [2.75, 3.05) is 25.0 Å². The van der Waals surface area contributed by atoms with Gasteiger partial charge < -0.3 is 16.0 Å². The molecular formula is C14H17BrFN3OS. The van der Waals surface area contributed by atoms with Gasteiger partial charge in [-0.25, -0.2) is 4.39 Å². The van der Waals surface area contributed by atoms with Gasteiger partial charge in [0.15, 0.2) is 5.82 Å². The highest BCUT2D eigenvalue weighted by Gasteiger charge is 2.17. The molecule has 0 radical (unpaired) electrons. The molecule has 114 valence electrons. The molecule has 1 heterocycles. The Bertz CT molecular complexity index is 561. The summed E-state index contributed by atoms with van der Waals surface area (Å²) in [6, 6.07) is 3.17. The van der Waals surface area contributed by atoms with Gasteiger partial charge in [0.05, 0.1) is 16.7 Å². The zero-order valence-corrected chi connectivity index (χ0v) is 13.9. The molecule has 4 nitrogen and oxygen atoms in total. The van der Waals surface area contributed by atoms with E-state index in [-0.39, 0.29) is 27.6 Å². The minimum atomic E-state index is -0.494. The molecule has 1 saturated heterocycles. The third kappa shape index (κ3) is 3.91. The van der Waals surface area contributed by atoms with E-state index >= 15 is 0 Å². The van der Waals surface area contributed by atoms with Crippen LogP contribution in [-0.4, -0.2) is 35.4 Å². The number of carbonyl (C=O) groups is 1. The molecule has 1 aromatic carbocycles. The van der Waals surface area contributed by atoms with Crippen LogP contribution < -0.4 is 11.1 Å². The maximum absolute atomic E-state index is 14.2. The van der Waals surface area contributed by atoms with Crippen molar-refractivity contribution in [3.63, 3.8) is 0 Å². The quantitative estimate of drug-likeness (QED) is 0.796. The van der Waals surface area contributed by atoms with E-state index in [1.807, 2.05) is 4.90 Å². The number of hydrogen-bond donors (Lipinski definition) is 2. The van der Waals surface area contributed by atoms with Gasteiger partial charge in [-0.1, -0.05) is 12.2 Å². The van der Waals surface area contributed by atoms with Crippen LogP contribution in [0.25, 0.3) is 0 Å². The summed E-state index contributed by atoms with van der Waals surface area (Å²) >= 11 is 7.98. The number of nitrogens with zero attached hydrogens (tertiary/aromatic N) is 1. The first-order chi connectivity index (χ1) is 10.0. The number of carbonyl (C=O) groups excluding carboxylic acids is 1. The Hall–Kier alpha value is -1.21. The summed E-state index contributed by atoms with van der Waals surface area (Å²) in [7, 11) is 0. The van der Waals surface area contributed by atoms with E-state index in [1.54, 1.807) is 6.07 Å². The molecule has 1 aliphatic heterocycles. The second-order valence-corrected chi connectivity index (χ2v) is 6.18. The van der Waals surface area contributed by atoms with E-state index in [1.165, 1.54) is 12.5 Å². The van der Waals surface area contributed by atoms with Crippen molar-refractivity contribution in [2.24, 2.45) is 5.73 Å². The molecule has 0 saturated carbocycles. The lowest BCUT2D eigenvalue weighted by atomic mass is 10.1. The van der Waals surface area contributed by atoms with Crippen molar-refractivity contribution in [3.05, 3.63) is 28.0 Å². The standard InChI is InChI=1S/C14H17BrFN3OS/c15-12-9(14(17)21)4-5-10(13(12)16)18-8-11(20)19-6-2-1-3-7-19/h4-5,18H,1-3,6-8H2,(H2,17,21). The molecule has 1 aliphatic rings. The van der Waals surface area contributed by atoms with Crippen LogP contribution in [-0.2, 0) is 4.79 Å². The van der Waals surface area contributed by atoms with Crippen LogP contribution in [0, 0.1) is 5.82 Å². The monoisotopic (exact) mass is 373 g/mol. The predicted molar refractivity (Wildman–Crippen MR) is 88.9 cm³/mol. The molecule has 1 aromatic rings. The summed E-state index contributed by atoms with van der Waals surface area (Å²) in [5.74, 6) is -0.504. The third-order valence-corrected chi connectivity index (χ3v) is 4.48. The fourth-order valence-electron chi connectivity index (χ4n) is 2.30. The summed E-state index contributed by atoms with van der Waals surface area (Å²) in [5, 5.41) is 2.84. The Morgan fingerprint density at radius 2 is 2.05 bits per heavy atom. The van der Waals surface area contributed by atoms with E-state index < -0.39 is 5.82 Å². The van der Waals surface area contributed by atoms with Crippen molar-refractivity contribution in [3.8, 4) is 0 Å². The number of amides is 1. The van der Waals surface area contributed by atoms with Crippen molar-refractivity contribution in [2.45, 2.75) is 19.3 Å². The summed E-state index contributed by atoms with van der Waals surface area (Å²) < 4.78 is 14.4. The van der Waals surface area contributed by atoms with Crippen molar-refractivity contribution < 1.29 is 9.18 Å². The SMILES string of the molecule is NC(=S)c1ccc(NCC(=O)N2CCCCC2)c(F)c1Br. The molecular weight excluding hydrogens is 357 g/mol. The smallest absolute Gasteiger partial charge is 0.241 e. The first kappa shape index (κ1) is 16.2. The van der Waals surface area contributed by atoms with Crippen LogP contribution in [0.15, 0.2) is 16.6 Å². The average Bonchev–Trinajstić information content (AvgIpc) is 2.49. The summed E-state index contributed by atoms with van der Waals surface area (Å²) in [6.45, 7) is 1.65. The largest absolute Gasteiger partial charge is 0.389 e. The number of anilines is 1. The Balaban J connectivity index is 2.01. The lowest BCUT2D eigenvalue weighted by Crippen LogP contribution is -2.39. The number of rotatable bonds is 4. The molecule has 3 N–H and O–H groups in total. The zero-order valence-electron chi connectivity index (χ0n) is 11.5. The van der Waals surface area contributed by atoms with Gasteiger partial charge in [0.1, 0.15) is 4.99 Å². The van der Waals surface area contributed by atoms with E-state index in [0.29, 0.717) is 5.56 Å². The zero-order chi connectivity index (χ0) is 15.4. The normalized spacial score (nSPS) is 14.9. The fourth-order valence-corrected chi connectivity index (χ4v) is 3.16. The lowest BCUT2D eigenvalue weighted by molar-refractivity contribution is -0.130. The molecule has 1 amide bonds. The van der Waals surface area contributed by atoms with E-state index in [4.69, 9.17) is 18.0 Å². The number of likely N-dealkylation sites (tertiary alicyclic amines) is 1. The Kier molecular flexibility index (Phi) is 5.52. The Labute approximate surface area is 137 Å². The van der Waals surface area contributed by atoms with Crippen molar-refractivity contribution in [1.82, 2.24) is 4.90 Å². The highest BCUT2D eigenvalue weighted by atomic mass is 79.9. The number of hydrogen-bond acceptors (Lipinski definition) is 3. The van der Waals surface area contributed by atoms with Crippen LogP contribution in [0.2, 0.25) is 0 Å². The number of piperidine rings is 1. The van der Waals surface area contributed by atoms with Crippen molar-refractivity contribution in [1.29, 1.82) is 0 Å².